The molecular formula is C13H25N3O2S. The van der Waals surface area contributed by atoms with E-state index in [-0.39, 0.29) is 0 Å². The first-order valence-corrected chi connectivity index (χ1v) is 9.34. The first kappa shape index (κ1) is 13.8. The van der Waals surface area contributed by atoms with Crippen molar-refractivity contribution in [3.05, 3.63) is 0 Å². The monoisotopic (exact) mass is 287 g/mol. The molecule has 0 spiro atoms. The van der Waals surface area contributed by atoms with E-state index in [9.17, 15) is 8.42 Å². The van der Waals surface area contributed by atoms with E-state index in [0.29, 0.717) is 25.2 Å². The zero-order chi connectivity index (χ0) is 13.5. The molecule has 2 unspecified atom stereocenters. The quantitative estimate of drug-likeness (QED) is 0.808. The Morgan fingerprint density at radius 2 is 1.74 bits per heavy atom. The molecule has 0 aromatic heterocycles. The van der Waals surface area contributed by atoms with Crippen LogP contribution in [0.2, 0.25) is 0 Å². The average Bonchev–Trinajstić information content (AvgIpc) is 2.94. The fourth-order valence-corrected chi connectivity index (χ4v) is 4.81. The standard InChI is InChI=1S/C13H25N3O2S/c1-19(17,18)16-9-4-11(5-10-16)14-12-6-8-15-7-2-3-13(12)15/h11-14H,2-10H2,1H3. The minimum atomic E-state index is -2.99. The molecule has 3 rings (SSSR count). The molecule has 1 N–H and O–H groups in total. The molecule has 0 aromatic carbocycles. The van der Waals surface area contributed by atoms with E-state index in [1.165, 1.54) is 38.6 Å². The molecule has 3 fully saturated rings. The van der Waals surface area contributed by atoms with Crippen molar-refractivity contribution in [3.8, 4) is 0 Å². The summed E-state index contributed by atoms with van der Waals surface area (Å²) in [5.74, 6) is 0. The predicted octanol–water partition coefficient (Wildman–Crippen LogP) is 0.237. The van der Waals surface area contributed by atoms with Gasteiger partial charge in [0.25, 0.3) is 0 Å². The molecule has 0 amide bonds. The lowest BCUT2D eigenvalue weighted by molar-refractivity contribution is 0.247. The van der Waals surface area contributed by atoms with Gasteiger partial charge in [-0.3, -0.25) is 4.90 Å². The zero-order valence-corrected chi connectivity index (χ0v) is 12.5. The molecule has 3 saturated heterocycles. The lowest BCUT2D eigenvalue weighted by Crippen LogP contribution is -2.50. The third-order valence-electron chi connectivity index (χ3n) is 4.98. The van der Waals surface area contributed by atoms with Crippen LogP contribution >= 0.6 is 0 Å². The van der Waals surface area contributed by atoms with Crippen LogP contribution in [0.3, 0.4) is 0 Å². The Bertz CT molecular complexity index is 418. The van der Waals surface area contributed by atoms with Crippen LogP contribution < -0.4 is 5.32 Å². The molecule has 5 nitrogen and oxygen atoms in total. The first-order valence-electron chi connectivity index (χ1n) is 7.49. The number of hydrogen-bond acceptors (Lipinski definition) is 4. The molecule has 110 valence electrons. The molecule has 3 aliphatic rings. The molecule has 0 radical (unpaired) electrons. The summed E-state index contributed by atoms with van der Waals surface area (Å²) in [6.07, 6.45) is 7.16. The van der Waals surface area contributed by atoms with Gasteiger partial charge in [-0.15, -0.1) is 0 Å². The average molecular weight is 287 g/mol. The minimum absolute atomic E-state index is 0.503. The van der Waals surface area contributed by atoms with E-state index in [0.717, 1.165) is 18.9 Å². The van der Waals surface area contributed by atoms with Crippen molar-refractivity contribution in [2.45, 2.75) is 50.2 Å². The fourth-order valence-electron chi connectivity index (χ4n) is 3.93. The second-order valence-electron chi connectivity index (χ2n) is 6.24. The SMILES string of the molecule is CS(=O)(=O)N1CCC(NC2CCN3CCCC23)CC1. The molecule has 3 heterocycles. The van der Waals surface area contributed by atoms with Gasteiger partial charge in [0.05, 0.1) is 6.26 Å². The van der Waals surface area contributed by atoms with Gasteiger partial charge in [-0.1, -0.05) is 0 Å². The van der Waals surface area contributed by atoms with Crippen LogP contribution in [0.5, 0.6) is 0 Å². The predicted molar refractivity (Wildman–Crippen MR) is 75.6 cm³/mol. The van der Waals surface area contributed by atoms with E-state index in [1.54, 1.807) is 4.31 Å². The summed E-state index contributed by atoms with van der Waals surface area (Å²) in [7, 11) is -2.99. The maximum absolute atomic E-state index is 11.5. The van der Waals surface area contributed by atoms with Gasteiger partial charge in [0.15, 0.2) is 0 Å². The van der Waals surface area contributed by atoms with E-state index in [1.807, 2.05) is 0 Å². The summed E-state index contributed by atoms with van der Waals surface area (Å²) < 4.78 is 24.6. The highest BCUT2D eigenvalue weighted by Gasteiger charge is 2.38. The smallest absolute Gasteiger partial charge is 0.211 e. The number of fused-ring (bicyclic) bond motifs is 1. The fraction of sp³-hybridized carbons (Fsp3) is 1.00. The van der Waals surface area contributed by atoms with Gasteiger partial charge in [0.1, 0.15) is 0 Å². The molecule has 2 atom stereocenters. The Balaban J connectivity index is 1.50. The lowest BCUT2D eigenvalue weighted by Gasteiger charge is -2.33. The Morgan fingerprint density at radius 3 is 2.42 bits per heavy atom. The van der Waals surface area contributed by atoms with Gasteiger partial charge in [0, 0.05) is 37.8 Å². The Kier molecular flexibility index (Phi) is 3.86. The molecule has 0 saturated carbocycles. The Morgan fingerprint density at radius 1 is 1.00 bits per heavy atom. The summed E-state index contributed by atoms with van der Waals surface area (Å²) in [5.41, 5.74) is 0. The van der Waals surface area contributed by atoms with Crippen LogP contribution in [-0.2, 0) is 10.0 Å². The third-order valence-corrected chi connectivity index (χ3v) is 6.28. The molecule has 0 bridgehead atoms. The first-order chi connectivity index (χ1) is 9.04. The Labute approximate surface area is 116 Å². The van der Waals surface area contributed by atoms with Gasteiger partial charge in [0.2, 0.25) is 10.0 Å². The van der Waals surface area contributed by atoms with E-state index in [2.05, 4.69) is 10.2 Å². The molecule has 3 aliphatic heterocycles. The van der Waals surface area contributed by atoms with Crippen molar-refractivity contribution in [1.82, 2.24) is 14.5 Å². The number of rotatable bonds is 3. The Hall–Kier alpha value is -0.170. The van der Waals surface area contributed by atoms with Gasteiger partial charge in [-0.2, -0.15) is 0 Å². The normalized spacial score (nSPS) is 34.8. The number of hydrogen-bond donors (Lipinski definition) is 1. The minimum Gasteiger partial charge on any atom is -0.310 e. The van der Waals surface area contributed by atoms with Crippen molar-refractivity contribution in [2.24, 2.45) is 0 Å². The van der Waals surface area contributed by atoms with Crippen molar-refractivity contribution >= 4 is 10.0 Å². The van der Waals surface area contributed by atoms with Crippen molar-refractivity contribution < 1.29 is 8.42 Å². The molecule has 0 aliphatic carbocycles. The summed E-state index contributed by atoms with van der Waals surface area (Å²) in [6.45, 7) is 3.87. The van der Waals surface area contributed by atoms with Gasteiger partial charge in [-0.25, -0.2) is 12.7 Å². The molecule has 6 heteroatoms. The van der Waals surface area contributed by atoms with Crippen LogP contribution in [0.1, 0.15) is 32.1 Å². The van der Waals surface area contributed by atoms with Gasteiger partial charge in [-0.05, 0) is 38.6 Å². The topological polar surface area (TPSA) is 52.7 Å². The summed E-state index contributed by atoms with van der Waals surface area (Å²) in [4.78, 5) is 2.61. The highest BCUT2D eigenvalue weighted by molar-refractivity contribution is 7.88. The van der Waals surface area contributed by atoms with Crippen LogP contribution in [0.25, 0.3) is 0 Å². The van der Waals surface area contributed by atoms with Crippen LogP contribution in [0.4, 0.5) is 0 Å². The van der Waals surface area contributed by atoms with Crippen LogP contribution in [0, 0.1) is 0 Å². The molecular weight excluding hydrogens is 262 g/mol. The second-order valence-corrected chi connectivity index (χ2v) is 8.23. The van der Waals surface area contributed by atoms with Gasteiger partial charge >= 0.3 is 0 Å². The summed E-state index contributed by atoms with van der Waals surface area (Å²) in [5, 5.41) is 3.80. The van der Waals surface area contributed by atoms with Gasteiger partial charge < -0.3 is 5.32 Å². The molecule has 0 aromatic rings. The highest BCUT2D eigenvalue weighted by atomic mass is 32.2. The number of piperidine rings is 1. The van der Waals surface area contributed by atoms with E-state index >= 15 is 0 Å². The maximum Gasteiger partial charge on any atom is 0.211 e. The molecule has 19 heavy (non-hydrogen) atoms. The van der Waals surface area contributed by atoms with E-state index in [4.69, 9.17) is 0 Å². The zero-order valence-electron chi connectivity index (χ0n) is 11.7. The van der Waals surface area contributed by atoms with Crippen molar-refractivity contribution in [1.29, 1.82) is 0 Å². The van der Waals surface area contributed by atoms with Crippen molar-refractivity contribution in [3.63, 3.8) is 0 Å². The maximum atomic E-state index is 11.5. The van der Waals surface area contributed by atoms with Crippen LogP contribution in [-0.4, -0.2) is 68.2 Å². The number of sulfonamides is 1. The number of nitrogens with zero attached hydrogens (tertiary/aromatic N) is 2. The third kappa shape index (κ3) is 2.96. The van der Waals surface area contributed by atoms with E-state index < -0.39 is 10.0 Å². The summed E-state index contributed by atoms with van der Waals surface area (Å²) in [6, 6.07) is 1.88. The largest absolute Gasteiger partial charge is 0.310 e. The highest BCUT2D eigenvalue weighted by Crippen LogP contribution is 2.29. The second kappa shape index (κ2) is 5.31. The van der Waals surface area contributed by atoms with Crippen molar-refractivity contribution in [2.75, 3.05) is 32.4 Å². The lowest BCUT2D eigenvalue weighted by atomic mass is 10.0. The summed E-state index contributed by atoms with van der Waals surface area (Å²) >= 11 is 0. The number of nitrogens with one attached hydrogen (secondary N) is 1. The van der Waals surface area contributed by atoms with Crippen LogP contribution in [0.15, 0.2) is 0 Å².